The SMILES string of the molecule is O=C(OCc1ccccc1)N1CCC2(CC1)CN(S(=O)(=O)c1ccc(C3CC3)cc1)c1ccccc12. The molecule has 1 spiro atoms. The lowest BCUT2D eigenvalue weighted by Gasteiger charge is -2.39. The van der Waals surface area contributed by atoms with Gasteiger partial charge < -0.3 is 9.64 Å². The first kappa shape index (κ1) is 23.1. The Balaban J connectivity index is 1.18. The van der Waals surface area contributed by atoms with Crippen molar-refractivity contribution in [2.75, 3.05) is 23.9 Å². The molecule has 2 heterocycles. The molecule has 2 fully saturated rings. The average molecular weight is 503 g/mol. The molecule has 3 aromatic carbocycles. The predicted octanol–water partition coefficient (Wildman–Crippen LogP) is 5.44. The minimum absolute atomic E-state index is 0.246. The summed E-state index contributed by atoms with van der Waals surface area (Å²) in [7, 11) is -3.69. The van der Waals surface area contributed by atoms with E-state index < -0.39 is 10.0 Å². The third kappa shape index (κ3) is 4.15. The van der Waals surface area contributed by atoms with Crippen LogP contribution in [-0.2, 0) is 26.8 Å². The number of anilines is 1. The second-order valence-electron chi connectivity index (χ2n) is 10.2. The van der Waals surface area contributed by atoms with Crippen LogP contribution in [0.4, 0.5) is 10.5 Å². The number of ether oxygens (including phenoxy) is 1. The van der Waals surface area contributed by atoms with E-state index in [0.29, 0.717) is 43.3 Å². The highest BCUT2D eigenvalue weighted by atomic mass is 32.2. The number of carbonyl (C=O) groups excluding carboxylic acids is 1. The van der Waals surface area contributed by atoms with Gasteiger partial charge in [-0.2, -0.15) is 0 Å². The van der Waals surface area contributed by atoms with E-state index in [4.69, 9.17) is 4.74 Å². The normalized spacial score (nSPS) is 18.8. The fourth-order valence-corrected chi connectivity index (χ4v) is 7.18. The molecule has 0 radical (unpaired) electrons. The van der Waals surface area contributed by atoms with Crippen LogP contribution in [0, 0.1) is 0 Å². The molecule has 3 aromatic rings. The van der Waals surface area contributed by atoms with Crippen LogP contribution < -0.4 is 4.31 Å². The van der Waals surface area contributed by atoms with E-state index >= 15 is 0 Å². The van der Waals surface area contributed by atoms with Crippen LogP contribution in [-0.4, -0.2) is 39.0 Å². The van der Waals surface area contributed by atoms with Gasteiger partial charge in [-0.3, -0.25) is 4.31 Å². The molecule has 1 saturated heterocycles. The molecule has 6 rings (SSSR count). The number of hydrogen-bond acceptors (Lipinski definition) is 4. The van der Waals surface area contributed by atoms with E-state index in [1.54, 1.807) is 21.3 Å². The standard InChI is InChI=1S/C29H30N2O4S/c32-28(35-20-22-6-2-1-3-7-22)30-18-16-29(17-19-30)21-31(27-9-5-4-8-26(27)29)36(33,34)25-14-12-24(13-15-25)23-10-11-23/h1-9,12-15,23H,10-11,16-21H2. The highest BCUT2D eigenvalue weighted by molar-refractivity contribution is 7.92. The molecule has 3 aliphatic rings. The van der Waals surface area contributed by atoms with Gasteiger partial charge >= 0.3 is 6.09 Å². The minimum Gasteiger partial charge on any atom is -0.445 e. The largest absolute Gasteiger partial charge is 0.445 e. The molecule has 186 valence electrons. The predicted molar refractivity (Wildman–Crippen MR) is 139 cm³/mol. The number of likely N-dealkylation sites (tertiary alicyclic amines) is 1. The second kappa shape index (κ2) is 8.96. The van der Waals surface area contributed by atoms with Gasteiger partial charge in [0, 0.05) is 25.0 Å². The number of sulfonamides is 1. The van der Waals surface area contributed by atoms with Gasteiger partial charge in [0.25, 0.3) is 10.0 Å². The van der Waals surface area contributed by atoms with Gasteiger partial charge in [0.05, 0.1) is 10.6 Å². The summed E-state index contributed by atoms with van der Waals surface area (Å²) >= 11 is 0. The molecule has 36 heavy (non-hydrogen) atoms. The quantitative estimate of drug-likeness (QED) is 0.466. The van der Waals surface area contributed by atoms with Gasteiger partial charge in [-0.15, -0.1) is 0 Å². The first-order chi connectivity index (χ1) is 17.5. The van der Waals surface area contributed by atoms with Crippen molar-refractivity contribution in [2.24, 2.45) is 0 Å². The van der Waals surface area contributed by atoms with Crippen molar-refractivity contribution < 1.29 is 17.9 Å². The number of carbonyl (C=O) groups is 1. The van der Waals surface area contributed by atoms with Gasteiger partial charge in [0.2, 0.25) is 0 Å². The van der Waals surface area contributed by atoms with Crippen LogP contribution in [0.3, 0.4) is 0 Å². The summed E-state index contributed by atoms with van der Waals surface area (Å²) in [5.74, 6) is 0.585. The van der Waals surface area contributed by atoms with Gasteiger partial charge in [0.1, 0.15) is 6.61 Å². The van der Waals surface area contributed by atoms with Crippen LogP contribution >= 0.6 is 0 Å². The summed E-state index contributed by atoms with van der Waals surface area (Å²) in [5, 5.41) is 0. The molecule has 0 N–H and O–H groups in total. The van der Waals surface area contributed by atoms with Crippen molar-refractivity contribution in [3.63, 3.8) is 0 Å². The fraction of sp³-hybridized carbons (Fsp3) is 0.345. The molecule has 1 saturated carbocycles. The molecular weight excluding hydrogens is 472 g/mol. The number of nitrogens with zero attached hydrogens (tertiary/aromatic N) is 2. The zero-order valence-electron chi connectivity index (χ0n) is 20.2. The van der Waals surface area contributed by atoms with Crippen molar-refractivity contribution in [3.8, 4) is 0 Å². The summed E-state index contributed by atoms with van der Waals surface area (Å²) in [6.07, 6.45) is 3.43. The summed E-state index contributed by atoms with van der Waals surface area (Å²) in [5.41, 5.74) is 3.67. The number of fused-ring (bicyclic) bond motifs is 2. The maximum absolute atomic E-state index is 13.8. The van der Waals surface area contributed by atoms with E-state index in [-0.39, 0.29) is 18.1 Å². The minimum atomic E-state index is -3.69. The van der Waals surface area contributed by atoms with Crippen LogP contribution in [0.2, 0.25) is 0 Å². The van der Waals surface area contributed by atoms with E-state index in [1.165, 1.54) is 18.4 Å². The maximum Gasteiger partial charge on any atom is 0.410 e. The number of benzene rings is 3. The Morgan fingerprint density at radius 1 is 0.889 bits per heavy atom. The van der Waals surface area contributed by atoms with Crippen molar-refractivity contribution in [1.82, 2.24) is 4.90 Å². The zero-order chi connectivity index (χ0) is 24.8. The van der Waals surface area contributed by atoms with Crippen LogP contribution in [0.5, 0.6) is 0 Å². The fourth-order valence-electron chi connectivity index (χ4n) is 5.61. The average Bonchev–Trinajstić information content (AvgIpc) is 3.72. The zero-order valence-corrected chi connectivity index (χ0v) is 21.0. The lowest BCUT2D eigenvalue weighted by molar-refractivity contribution is 0.0791. The monoisotopic (exact) mass is 502 g/mol. The first-order valence-electron chi connectivity index (χ1n) is 12.6. The summed E-state index contributed by atoms with van der Waals surface area (Å²) in [6.45, 7) is 1.71. The van der Waals surface area contributed by atoms with Gasteiger partial charge in [-0.1, -0.05) is 60.7 Å². The molecule has 0 unspecified atom stereocenters. The number of rotatable bonds is 5. The highest BCUT2D eigenvalue weighted by Crippen LogP contribution is 2.49. The Bertz CT molecular complexity index is 1360. The van der Waals surface area contributed by atoms with E-state index in [1.807, 2.05) is 66.7 Å². The van der Waals surface area contributed by atoms with Gasteiger partial charge in [0.15, 0.2) is 0 Å². The Labute approximate surface area is 212 Å². The number of hydrogen-bond donors (Lipinski definition) is 0. The van der Waals surface area contributed by atoms with Crippen molar-refractivity contribution >= 4 is 21.8 Å². The highest BCUT2D eigenvalue weighted by Gasteiger charge is 2.48. The van der Waals surface area contributed by atoms with E-state index in [9.17, 15) is 13.2 Å². The van der Waals surface area contributed by atoms with Crippen LogP contribution in [0.15, 0.2) is 83.8 Å². The molecule has 1 amide bonds. The van der Waals surface area contributed by atoms with E-state index in [2.05, 4.69) is 0 Å². The molecular formula is C29H30N2O4S. The Hall–Kier alpha value is -3.32. The molecule has 6 nitrogen and oxygen atoms in total. The molecule has 0 bridgehead atoms. The Kier molecular flexibility index (Phi) is 5.75. The summed E-state index contributed by atoms with van der Waals surface area (Å²) < 4.78 is 34.6. The third-order valence-corrected chi connectivity index (χ3v) is 9.67. The smallest absolute Gasteiger partial charge is 0.410 e. The maximum atomic E-state index is 13.8. The van der Waals surface area contributed by atoms with Crippen molar-refractivity contribution in [1.29, 1.82) is 0 Å². The Morgan fingerprint density at radius 3 is 2.25 bits per heavy atom. The number of para-hydroxylation sites is 1. The topological polar surface area (TPSA) is 66.9 Å². The van der Waals surface area contributed by atoms with Crippen molar-refractivity contribution in [3.05, 3.63) is 95.6 Å². The Morgan fingerprint density at radius 2 is 1.56 bits per heavy atom. The van der Waals surface area contributed by atoms with Gasteiger partial charge in [-0.05, 0) is 66.5 Å². The number of amides is 1. The summed E-state index contributed by atoms with van der Waals surface area (Å²) in [6, 6.07) is 24.9. The molecule has 0 aromatic heterocycles. The van der Waals surface area contributed by atoms with Crippen LogP contribution in [0.1, 0.15) is 48.3 Å². The second-order valence-corrected chi connectivity index (χ2v) is 12.0. The van der Waals surface area contributed by atoms with E-state index in [0.717, 1.165) is 16.8 Å². The first-order valence-corrected chi connectivity index (χ1v) is 14.1. The third-order valence-electron chi connectivity index (χ3n) is 7.89. The van der Waals surface area contributed by atoms with Crippen LogP contribution in [0.25, 0.3) is 0 Å². The molecule has 7 heteroatoms. The molecule has 2 aliphatic heterocycles. The lowest BCUT2D eigenvalue weighted by atomic mass is 9.74. The number of piperidine rings is 1. The molecule has 0 atom stereocenters. The van der Waals surface area contributed by atoms with Crippen molar-refractivity contribution in [2.45, 2.75) is 48.5 Å². The molecule has 1 aliphatic carbocycles. The lowest BCUT2D eigenvalue weighted by Crippen LogP contribution is -2.47. The van der Waals surface area contributed by atoms with Gasteiger partial charge in [-0.25, -0.2) is 13.2 Å². The summed E-state index contributed by atoms with van der Waals surface area (Å²) in [4.78, 5) is 14.8.